The molecule has 1 atom stereocenters. The van der Waals surface area contributed by atoms with Crippen LogP contribution in [0.3, 0.4) is 0 Å². The van der Waals surface area contributed by atoms with Crippen molar-refractivity contribution < 1.29 is 14.7 Å². The molecule has 0 aliphatic heterocycles. The van der Waals surface area contributed by atoms with Gasteiger partial charge in [-0.05, 0) is 37.6 Å². The summed E-state index contributed by atoms with van der Waals surface area (Å²) in [6, 6.07) is 6.02. The van der Waals surface area contributed by atoms with E-state index in [4.69, 9.17) is 10.8 Å². The summed E-state index contributed by atoms with van der Waals surface area (Å²) in [4.78, 5) is 22.1. The molecular weight excluding hydrogens is 220 g/mol. The fourth-order valence-corrected chi connectivity index (χ4v) is 1.28. The number of nitrogens with one attached hydrogen (secondary N) is 1. The first-order valence-corrected chi connectivity index (χ1v) is 5.38. The average Bonchev–Trinajstić information content (AvgIpc) is 2.27. The van der Waals surface area contributed by atoms with Crippen molar-refractivity contribution in [2.24, 2.45) is 5.73 Å². The molecule has 0 aliphatic carbocycles. The van der Waals surface area contributed by atoms with Crippen LogP contribution in [0.25, 0.3) is 0 Å². The molecule has 0 saturated heterocycles. The van der Waals surface area contributed by atoms with E-state index in [0.717, 1.165) is 0 Å². The van der Waals surface area contributed by atoms with Gasteiger partial charge < -0.3 is 16.2 Å². The first kappa shape index (κ1) is 13.2. The number of anilines is 1. The number of hydrogen-bond acceptors (Lipinski definition) is 3. The molecule has 0 radical (unpaired) electrons. The van der Waals surface area contributed by atoms with Crippen LogP contribution in [-0.2, 0) is 4.79 Å². The van der Waals surface area contributed by atoms with Crippen molar-refractivity contribution in [1.82, 2.24) is 0 Å². The van der Waals surface area contributed by atoms with Crippen LogP contribution in [0.5, 0.6) is 0 Å². The Balaban J connectivity index is 2.51. The van der Waals surface area contributed by atoms with E-state index in [2.05, 4.69) is 5.32 Å². The lowest BCUT2D eigenvalue weighted by Gasteiger charge is -2.07. The molecule has 17 heavy (non-hydrogen) atoms. The quantitative estimate of drug-likeness (QED) is 0.721. The van der Waals surface area contributed by atoms with Gasteiger partial charge in [-0.3, -0.25) is 4.79 Å². The van der Waals surface area contributed by atoms with Gasteiger partial charge >= 0.3 is 5.97 Å². The number of carboxylic acids is 1. The molecule has 1 aromatic carbocycles. The van der Waals surface area contributed by atoms with E-state index < -0.39 is 5.97 Å². The van der Waals surface area contributed by atoms with E-state index in [9.17, 15) is 9.59 Å². The summed E-state index contributed by atoms with van der Waals surface area (Å²) in [5.74, 6) is -1.11. The molecule has 4 N–H and O–H groups in total. The molecule has 0 heterocycles. The van der Waals surface area contributed by atoms with Gasteiger partial charge in [-0.1, -0.05) is 0 Å². The van der Waals surface area contributed by atoms with Crippen LogP contribution in [0.4, 0.5) is 5.69 Å². The number of rotatable bonds is 5. The van der Waals surface area contributed by atoms with Crippen molar-refractivity contribution in [3.63, 3.8) is 0 Å². The molecule has 92 valence electrons. The summed E-state index contributed by atoms with van der Waals surface area (Å²) < 4.78 is 0. The largest absolute Gasteiger partial charge is 0.478 e. The van der Waals surface area contributed by atoms with E-state index in [1.165, 1.54) is 12.1 Å². The first-order chi connectivity index (χ1) is 7.99. The van der Waals surface area contributed by atoms with E-state index in [-0.39, 0.29) is 17.5 Å². The zero-order valence-corrected chi connectivity index (χ0v) is 9.64. The smallest absolute Gasteiger partial charge is 0.335 e. The van der Waals surface area contributed by atoms with Crippen LogP contribution >= 0.6 is 0 Å². The second-order valence-corrected chi connectivity index (χ2v) is 3.95. The second kappa shape index (κ2) is 6.00. The summed E-state index contributed by atoms with van der Waals surface area (Å²) in [7, 11) is 0. The molecule has 1 aromatic rings. The Morgan fingerprint density at radius 1 is 1.35 bits per heavy atom. The van der Waals surface area contributed by atoms with Crippen molar-refractivity contribution in [2.75, 3.05) is 5.32 Å². The van der Waals surface area contributed by atoms with E-state index in [0.29, 0.717) is 18.5 Å². The van der Waals surface area contributed by atoms with Crippen LogP contribution < -0.4 is 11.1 Å². The van der Waals surface area contributed by atoms with Crippen molar-refractivity contribution in [2.45, 2.75) is 25.8 Å². The van der Waals surface area contributed by atoms with Crippen LogP contribution in [0.15, 0.2) is 24.3 Å². The van der Waals surface area contributed by atoms with Crippen LogP contribution in [0.1, 0.15) is 30.1 Å². The maximum Gasteiger partial charge on any atom is 0.335 e. The van der Waals surface area contributed by atoms with Gasteiger partial charge in [-0.25, -0.2) is 4.79 Å². The third kappa shape index (κ3) is 4.65. The maximum absolute atomic E-state index is 11.5. The summed E-state index contributed by atoms with van der Waals surface area (Å²) >= 11 is 0. The Kier molecular flexibility index (Phi) is 4.66. The van der Waals surface area contributed by atoms with Crippen LogP contribution in [-0.4, -0.2) is 23.0 Å². The van der Waals surface area contributed by atoms with Crippen molar-refractivity contribution in [3.05, 3.63) is 29.8 Å². The number of carbonyl (C=O) groups excluding carboxylic acids is 1. The van der Waals surface area contributed by atoms with Crippen molar-refractivity contribution in [1.29, 1.82) is 0 Å². The molecule has 0 aliphatic rings. The Hall–Kier alpha value is -1.88. The molecule has 0 spiro atoms. The summed E-state index contributed by atoms with van der Waals surface area (Å²) in [5, 5.41) is 11.4. The lowest BCUT2D eigenvalue weighted by Crippen LogP contribution is -2.19. The molecular formula is C12H16N2O3. The van der Waals surface area contributed by atoms with Gasteiger partial charge in [0.2, 0.25) is 5.91 Å². The molecule has 1 amide bonds. The van der Waals surface area contributed by atoms with Crippen molar-refractivity contribution in [3.8, 4) is 0 Å². The average molecular weight is 236 g/mol. The minimum atomic E-state index is -0.986. The van der Waals surface area contributed by atoms with Gasteiger partial charge in [0.15, 0.2) is 0 Å². The molecule has 5 nitrogen and oxygen atoms in total. The van der Waals surface area contributed by atoms with Gasteiger partial charge in [0.05, 0.1) is 5.56 Å². The zero-order valence-electron chi connectivity index (χ0n) is 9.64. The van der Waals surface area contributed by atoms with E-state index >= 15 is 0 Å². The molecule has 0 fully saturated rings. The van der Waals surface area contributed by atoms with Gasteiger partial charge in [0, 0.05) is 18.2 Å². The van der Waals surface area contributed by atoms with Gasteiger partial charge in [0.25, 0.3) is 0 Å². The normalized spacial score (nSPS) is 11.9. The van der Waals surface area contributed by atoms with Crippen LogP contribution in [0.2, 0.25) is 0 Å². The third-order valence-corrected chi connectivity index (χ3v) is 2.24. The summed E-state index contributed by atoms with van der Waals surface area (Å²) in [5.41, 5.74) is 6.32. The van der Waals surface area contributed by atoms with Gasteiger partial charge in [0.1, 0.15) is 0 Å². The molecule has 0 saturated carbocycles. The molecule has 0 bridgehead atoms. The number of hydrogen-bond donors (Lipinski definition) is 3. The Morgan fingerprint density at radius 3 is 2.41 bits per heavy atom. The fraction of sp³-hybridized carbons (Fsp3) is 0.333. The maximum atomic E-state index is 11.5. The topological polar surface area (TPSA) is 92.4 Å². The Morgan fingerprint density at radius 2 is 1.94 bits per heavy atom. The number of nitrogens with two attached hydrogens (primary N) is 1. The number of aromatic carboxylic acids is 1. The highest BCUT2D eigenvalue weighted by Crippen LogP contribution is 2.10. The Labute approximate surface area is 99.6 Å². The monoisotopic (exact) mass is 236 g/mol. The van der Waals surface area contributed by atoms with Gasteiger partial charge in [-0.15, -0.1) is 0 Å². The molecule has 5 heteroatoms. The first-order valence-electron chi connectivity index (χ1n) is 5.38. The fourth-order valence-electron chi connectivity index (χ4n) is 1.28. The molecule has 1 unspecified atom stereocenters. The van der Waals surface area contributed by atoms with E-state index in [1.807, 2.05) is 6.92 Å². The zero-order chi connectivity index (χ0) is 12.8. The summed E-state index contributed by atoms with van der Waals surface area (Å²) in [6.45, 7) is 1.84. The minimum absolute atomic E-state index is 0.00450. The summed E-state index contributed by atoms with van der Waals surface area (Å²) in [6.07, 6.45) is 0.984. The minimum Gasteiger partial charge on any atom is -0.478 e. The van der Waals surface area contributed by atoms with E-state index in [1.54, 1.807) is 12.1 Å². The third-order valence-electron chi connectivity index (χ3n) is 2.24. The van der Waals surface area contributed by atoms with Crippen molar-refractivity contribution >= 4 is 17.6 Å². The molecule has 1 rings (SSSR count). The number of carboxylic acid groups (broad SMARTS) is 1. The highest BCUT2D eigenvalue weighted by atomic mass is 16.4. The molecule has 0 aromatic heterocycles. The number of amides is 1. The van der Waals surface area contributed by atoms with Gasteiger partial charge in [-0.2, -0.15) is 0 Å². The lowest BCUT2D eigenvalue weighted by atomic mass is 10.2. The van der Waals surface area contributed by atoms with Crippen LogP contribution in [0, 0.1) is 0 Å². The standard InChI is InChI=1S/C12H16N2O3/c1-8(13)2-7-11(15)14-10-5-3-9(4-6-10)12(16)17/h3-6,8H,2,7,13H2,1H3,(H,14,15)(H,16,17). The second-order valence-electron chi connectivity index (χ2n) is 3.95. The number of carbonyl (C=O) groups is 2. The predicted molar refractivity (Wildman–Crippen MR) is 64.9 cm³/mol. The Bertz CT molecular complexity index is 399. The predicted octanol–water partition coefficient (Wildman–Crippen LogP) is 1.45. The highest BCUT2D eigenvalue weighted by Gasteiger charge is 2.05. The lowest BCUT2D eigenvalue weighted by molar-refractivity contribution is -0.116. The highest BCUT2D eigenvalue weighted by molar-refractivity contribution is 5.92. The number of benzene rings is 1. The SMILES string of the molecule is CC(N)CCC(=O)Nc1ccc(C(=O)O)cc1.